The Balaban J connectivity index is 1.38. The Morgan fingerprint density at radius 1 is 1.22 bits per heavy atom. The molecule has 0 radical (unpaired) electrons. The average Bonchev–Trinajstić information content (AvgIpc) is 3.09. The quantitative estimate of drug-likeness (QED) is 0.579. The van der Waals surface area contributed by atoms with Crippen LogP contribution in [0.1, 0.15) is 44.7 Å². The number of hydrogen-bond donors (Lipinski definition) is 3. The lowest BCUT2D eigenvalue weighted by molar-refractivity contribution is -0.136. The highest BCUT2D eigenvalue weighted by atomic mass is 19.1. The summed E-state index contributed by atoms with van der Waals surface area (Å²) in [6.45, 7) is 0.100. The molecule has 2 aliphatic heterocycles. The summed E-state index contributed by atoms with van der Waals surface area (Å²) in [5.74, 6) is -2.02. The number of benzene rings is 2. The Kier molecular flexibility index (Phi) is 6.00. The van der Waals surface area contributed by atoms with E-state index < -0.39 is 29.8 Å². The predicted molar refractivity (Wildman–Crippen MR) is 111 cm³/mol. The molecule has 0 aromatic heterocycles. The number of fused-ring (bicyclic) bond motifs is 1. The second kappa shape index (κ2) is 8.88. The number of aliphatic hydroxyl groups excluding tert-OH is 1. The van der Waals surface area contributed by atoms with Crippen LogP contribution in [0.2, 0.25) is 0 Å². The molecule has 2 aliphatic rings. The SMILES string of the molecule is O=C1CCC(N2Cc3cc(C(=O)NCC(O)Cc4ccccc4F)ccc3C2=O)C(=O)N1. The summed E-state index contributed by atoms with van der Waals surface area (Å²) in [5, 5.41) is 15.0. The molecule has 0 spiro atoms. The second-order valence-corrected chi connectivity index (χ2v) is 7.93. The van der Waals surface area contributed by atoms with Gasteiger partial charge in [0.25, 0.3) is 11.8 Å². The summed E-state index contributed by atoms with van der Waals surface area (Å²) in [6, 6.07) is 10.0. The summed E-state index contributed by atoms with van der Waals surface area (Å²) in [4.78, 5) is 50.1. The van der Waals surface area contributed by atoms with Crippen molar-refractivity contribution < 1.29 is 28.7 Å². The first-order valence-electron chi connectivity index (χ1n) is 10.3. The van der Waals surface area contributed by atoms with Gasteiger partial charge in [-0.1, -0.05) is 18.2 Å². The van der Waals surface area contributed by atoms with Gasteiger partial charge in [-0.3, -0.25) is 24.5 Å². The number of carbonyl (C=O) groups excluding carboxylic acids is 4. The third kappa shape index (κ3) is 4.38. The molecule has 0 bridgehead atoms. The topological polar surface area (TPSA) is 116 Å². The van der Waals surface area contributed by atoms with Gasteiger partial charge in [-0.2, -0.15) is 0 Å². The molecule has 4 rings (SSSR count). The monoisotopic (exact) mass is 439 g/mol. The van der Waals surface area contributed by atoms with Crippen molar-refractivity contribution in [3.05, 3.63) is 70.5 Å². The molecule has 2 aromatic carbocycles. The van der Waals surface area contributed by atoms with Crippen LogP contribution in [0.3, 0.4) is 0 Å². The van der Waals surface area contributed by atoms with Crippen LogP contribution in [0.15, 0.2) is 42.5 Å². The molecule has 2 atom stereocenters. The maximum Gasteiger partial charge on any atom is 0.255 e. The molecule has 2 aromatic rings. The Bertz CT molecular complexity index is 1100. The number of rotatable bonds is 6. The first-order valence-corrected chi connectivity index (χ1v) is 10.3. The minimum absolute atomic E-state index is 0.0621. The number of nitrogens with one attached hydrogen (secondary N) is 2. The Labute approximate surface area is 183 Å². The fourth-order valence-electron chi connectivity index (χ4n) is 4.02. The minimum Gasteiger partial charge on any atom is -0.391 e. The molecule has 2 heterocycles. The van der Waals surface area contributed by atoms with E-state index in [9.17, 15) is 28.7 Å². The minimum atomic E-state index is -0.963. The maximum atomic E-state index is 13.7. The second-order valence-electron chi connectivity index (χ2n) is 7.93. The zero-order valence-corrected chi connectivity index (χ0v) is 17.1. The van der Waals surface area contributed by atoms with Crippen molar-refractivity contribution in [1.82, 2.24) is 15.5 Å². The molecular weight excluding hydrogens is 417 g/mol. The van der Waals surface area contributed by atoms with Crippen LogP contribution in [0.4, 0.5) is 4.39 Å². The fraction of sp³-hybridized carbons (Fsp3) is 0.304. The van der Waals surface area contributed by atoms with Crippen molar-refractivity contribution in [2.45, 2.75) is 38.0 Å². The van der Waals surface area contributed by atoms with E-state index in [1.165, 1.54) is 23.1 Å². The van der Waals surface area contributed by atoms with Crippen LogP contribution >= 0.6 is 0 Å². The van der Waals surface area contributed by atoms with Crippen molar-refractivity contribution in [1.29, 1.82) is 0 Å². The van der Waals surface area contributed by atoms with Gasteiger partial charge in [-0.15, -0.1) is 0 Å². The van der Waals surface area contributed by atoms with Gasteiger partial charge in [0.2, 0.25) is 11.8 Å². The molecule has 1 saturated heterocycles. The average molecular weight is 439 g/mol. The normalized spacial score (nSPS) is 18.9. The maximum absolute atomic E-state index is 13.7. The zero-order valence-electron chi connectivity index (χ0n) is 17.1. The van der Waals surface area contributed by atoms with E-state index in [4.69, 9.17) is 0 Å². The lowest BCUT2D eigenvalue weighted by atomic mass is 10.0. The van der Waals surface area contributed by atoms with Crippen LogP contribution in [-0.4, -0.2) is 52.3 Å². The van der Waals surface area contributed by atoms with Gasteiger partial charge in [0.05, 0.1) is 6.10 Å². The smallest absolute Gasteiger partial charge is 0.255 e. The number of amides is 4. The standard InChI is InChI=1S/C23H22FN3O5/c24-18-4-2-1-3-13(18)10-16(28)11-25-21(30)14-5-6-17-15(9-14)12-27(23(17)32)19-7-8-20(29)26-22(19)31/h1-6,9,16,19,28H,7-8,10-12H2,(H,25,30)(H,26,29,31). The number of imide groups is 1. The summed E-state index contributed by atoms with van der Waals surface area (Å²) in [7, 11) is 0. The van der Waals surface area contributed by atoms with Crippen molar-refractivity contribution >= 4 is 23.6 Å². The molecular formula is C23H22FN3O5. The Hall–Kier alpha value is -3.59. The van der Waals surface area contributed by atoms with Crippen LogP contribution in [-0.2, 0) is 22.6 Å². The summed E-state index contributed by atoms with van der Waals surface area (Å²) >= 11 is 0. The third-order valence-electron chi connectivity index (χ3n) is 5.70. The van der Waals surface area contributed by atoms with Crippen molar-refractivity contribution in [3.8, 4) is 0 Å². The van der Waals surface area contributed by atoms with Gasteiger partial charge in [0.15, 0.2) is 0 Å². The van der Waals surface area contributed by atoms with Crippen molar-refractivity contribution in [3.63, 3.8) is 0 Å². The molecule has 0 saturated carbocycles. The number of hydrogen-bond acceptors (Lipinski definition) is 5. The van der Waals surface area contributed by atoms with Gasteiger partial charge in [0, 0.05) is 37.1 Å². The fourth-order valence-corrected chi connectivity index (χ4v) is 4.02. The number of piperidine rings is 1. The van der Waals surface area contributed by atoms with Gasteiger partial charge in [-0.25, -0.2) is 4.39 Å². The molecule has 166 valence electrons. The predicted octanol–water partition coefficient (Wildman–Crippen LogP) is 0.920. The van der Waals surface area contributed by atoms with Gasteiger partial charge in [-0.05, 0) is 41.8 Å². The third-order valence-corrected chi connectivity index (χ3v) is 5.70. The van der Waals surface area contributed by atoms with Gasteiger partial charge >= 0.3 is 0 Å². The molecule has 9 heteroatoms. The van der Waals surface area contributed by atoms with Crippen LogP contribution in [0, 0.1) is 5.82 Å². The molecule has 32 heavy (non-hydrogen) atoms. The first-order chi connectivity index (χ1) is 15.3. The van der Waals surface area contributed by atoms with Crippen LogP contribution in [0.25, 0.3) is 0 Å². The van der Waals surface area contributed by atoms with E-state index >= 15 is 0 Å². The number of halogens is 1. The van der Waals surface area contributed by atoms with Gasteiger partial charge in [0.1, 0.15) is 11.9 Å². The highest BCUT2D eigenvalue weighted by molar-refractivity contribution is 6.06. The molecule has 1 fully saturated rings. The van der Waals surface area contributed by atoms with Crippen LogP contribution in [0.5, 0.6) is 0 Å². The largest absolute Gasteiger partial charge is 0.391 e. The highest BCUT2D eigenvalue weighted by Gasteiger charge is 2.39. The lowest BCUT2D eigenvalue weighted by Gasteiger charge is -2.29. The Morgan fingerprint density at radius 3 is 2.75 bits per heavy atom. The van der Waals surface area contributed by atoms with E-state index in [2.05, 4.69) is 10.6 Å². The molecule has 3 N–H and O–H groups in total. The van der Waals surface area contributed by atoms with Crippen molar-refractivity contribution in [2.24, 2.45) is 0 Å². The first kappa shape index (κ1) is 21.6. The van der Waals surface area contributed by atoms with E-state index in [-0.39, 0.29) is 44.2 Å². The van der Waals surface area contributed by atoms with Crippen molar-refractivity contribution in [2.75, 3.05) is 6.54 Å². The Morgan fingerprint density at radius 2 is 2.00 bits per heavy atom. The summed E-state index contributed by atoms with van der Waals surface area (Å²) in [6.07, 6.45) is -0.473. The van der Waals surface area contributed by atoms with Crippen LogP contribution < -0.4 is 10.6 Å². The molecule has 2 unspecified atom stereocenters. The number of nitrogens with zero attached hydrogens (tertiary/aromatic N) is 1. The van der Waals surface area contributed by atoms with E-state index in [0.717, 1.165) is 0 Å². The van der Waals surface area contributed by atoms with E-state index in [1.807, 2.05) is 0 Å². The molecule has 0 aliphatic carbocycles. The summed E-state index contributed by atoms with van der Waals surface area (Å²) in [5.41, 5.74) is 1.68. The van der Waals surface area contributed by atoms with E-state index in [1.54, 1.807) is 24.3 Å². The van der Waals surface area contributed by atoms with Gasteiger partial charge < -0.3 is 15.3 Å². The molecule has 4 amide bonds. The number of aliphatic hydroxyl groups is 1. The summed E-state index contributed by atoms with van der Waals surface area (Å²) < 4.78 is 13.7. The number of carbonyl (C=O) groups is 4. The molecule has 8 nitrogen and oxygen atoms in total. The highest BCUT2D eigenvalue weighted by Crippen LogP contribution is 2.28. The van der Waals surface area contributed by atoms with E-state index in [0.29, 0.717) is 22.3 Å². The zero-order chi connectivity index (χ0) is 22.8. The lowest BCUT2D eigenvalue weighted by Crippen LogP contribution is -2.52.